The molecule has 0 saturated heterocycles. The van der Waals surface area contributed by atoms with Crippen molar-refractivity contribution in [1.82, 2.24) is 9.78 Å². The van der Waals surface area contributed by atoms with Crippen molar-refractivity contribution in [2.45, 2.75) is 39.0 Å². The van der Waals surface area contributed by atoms with E-state index in [0.717, 1.165) is 6.42 Å². The lowest BCUT2D eigenvalue weighted by Gasteiger charge is -2.10. The highest BCUT2D eigenvalue weighted by Gasteiger charge is 2.27. The molecule has 0 radical (unpaired) electrons. The number of aryl methyl sites for hydroxylation is 2. The molecule has 1 aromatic carbocycles. The average molecular weight is 224 g/mol. The fraction of sp³-hybridized carbons (Fsp3) is 0.400. The second-order valence-electron chi connectivity index (χ2n) is 5.25. The van der Waals surface area contributed by atoms with Gasteiger partial charge >= 0.3 is 0 Å². The zero-order valence-electron chi connectivity index (χ0n) is 10.2. The third-order valence-corrected chi connectivity index (χ3v) is 4.15. The summed E-state index contributed by atoms with van der Waals surface area (Å²) >= 11 is 0. The Bertz CT molecular complexity index is 608. The highest BCUT2D eigenvalue weighted by atomic mass is 15.3. The van der Waals surface area contributed by atoms with Gasteiger partial charge in [0, 0.05) is 6.42 Å². The van der Waals surface area contributed by atoms with E-state index >= 15 is 0 Å². The van der Waals surface area contributed by atoms with Gasteiger partial charge in [0.15, 0.2) is 0 Å². The van der Waals surface area contributed by atoms with Gasteiger partial charge in [-0.2, -0.15) is 5.10 Å². The Morgan fingerprint density at radius 1 is 1.18 bits per heavy atom. The maximum atomic E-state index is 4.85. The number of rotatable bonds is 0. The lowest BCUT2D eigenvalue weighted by atomic mass is 9.94. The minimum absolute atomic E-state index is 1.08. The molecule has 2 aliphatic rings. The normalized spacial score (nSPS) is 16.5. The highest BCUT2D eigenvalue weighted by Crippen LogP contribution is 2.35. The summed E-state index contributed by atoms with van der Waals surface area (Å²) in [7, 11) is 0. The third-order valence-electron chi connectivity index (χ3n) is 4.15. The molecule has 0 spiro atoms. The maximum Gasteiger partial charge on any atom is 0.0714 e. The molecule has 0 bridgehead atoms. The molecule has 17 heavy (non-hydrogen) atoms. The van der Waals surface area contributed by atoms with Gasteiger partial charge in [-0.05, 0) is 49.3 Å². The Morgan fingerprint density at radius 2 is 2.06 bits per heavy atom. The molecule has 4 rings (SSSR count). The van der Waals surface area contributed by atoms with Gasteiger partial charge in [0.25, 0.3) is 0 Å². The Morgan fingerprint density at radius 3 is 3.00 bits per heavy atom. The molecule has 0 fully saturated rings. The van der Waals surface area contributed by atoms with Crippen molar-refractivity contribution in [3.8, 4) is 5.69 Å². The van der Waals surface area contributed by atoms with Gasteiger partial charge in [-0.3, -0.25) is 0 Å². The van der Waals surface area contributed by atoms with Gasteiger partial charge in [0.1, 0.15) is 0 Å². The summed E-state index contributed by atoms with van der Waals surface area (Å²) in [5.74, 6) is 0. The van der Waals surface area contributed by atoms with Gasteiger partial charge in [-0.25, -0.2) is 4.68 Å². The Kier molecular flexibility index (Phi) is 1.79. The first kappa shape index (κ1) is 9.46. The van der Waals surface area contributed by atoms with Crippen molar-refractivity contribution in [2.24, 2.45) is 0 Å². The van der Waals surface area contributed by atoms with Gasteiger partial charge in [0.2, 0.25) is 0 Å². The van der Waals surface area contributed by atoms with Crippen molar-refractivity contribution in [1.29, 1.82) is 0 Å². The van der Waals surface area contributed by atoms with Crippen LogP contribution >= 0.6 is 0 Å². The maximum absolute atomic E-state index is 4.85. The smallest absolute Gasteiger partial charge is 0.0714 e. The molecule has 1 aliphatic heterocycles. The molecule has 2 heteroatoms. The molecule has 1 aromatic heterocycles. The zero-order valence-corrected chi connectivity index (χ0v) is 10.2. The number of para-hydroxylation sites is 1. The second kappa shape index (κ2) is 3.22. The van der Waals surface area contributed by atoms with E-state index in [2.05, 4.69) is 29.8 Å². The largest absolute Gasteiger partial charge is 0.236 e. The van der Waals surface area contributed by atoms with Crippen LogP contribution in [-0.2, 0) is 19.3 Å². The summed E-state index contributed by atoms with van der Waals surface area (Å²) < 4.78 is 2.22. The fourth-order valence-electron chi connectivity index (χ4n) is 3.33. The molecule has 1 aliphatic carbocycles. The van der Waals surface area contributed by atoms with Gasteiger partial charge in [-0.15, -0.1) is 0 Å². The van der Waals surface area contributed by atoms with E-state index in [1.54, 1.807) is 5.56 Å². The van der Waals surface area contributed by atoms with Crippen LogP contribution in [-0.4, -0.2) is 9.78 Å². The summed E-state index contributed by atoms with van der Waals surface area (Å²) in [6, 6.07) is 6.59. The molecule has 0 amide bonds. The van der Waals surface area contributed by atoms with Gasteiger partial charge < -0.3 is 0 Å². The summed E-state index contributed by atoms with van der Waals surface area (Å²) in [6.07, 6.45) is 6.14. The molecule has 2 nitrogen and oxygen atoms in total. The highest BCUT2D eigenvalue weighted by molar-refractivity contribution is 5.56. The molecule has 0 atom stereocenters. The van der Waals surface area contributed by atoms with Crippen LogP contribution in [0.3, 0.4) is 0 Å². The number of aromatic nitrogens is 2. The average Bonchev–Trinajstić information content (AvgIpc) is 2.85. The lowest BCUT2D eigenvalue weighted by Crippen LogP contribution is -2.02. The van der Waals surface area contributed by atoms with E-state index in [1.165, 1.54) is 53.9 Å². The predicted octanol–water partition coefficient (Wildman–Crippen LogP) is 2.96. The molecule has 0 saturated carbocycles. The van der Waals surface area contributed by atoms with Crippen LogP contribution in [0, 0.1) is 6.92 Å². The number of fused-ring (bicyclic) bond motifs is 5. The Labute approximate surface area is 101 Å². The van der Waals surface area contributed by atoms with Crippen LogP contribution in [0.5, 0.6) is 0 Å². The first-order valence-electron chi connectivity index (χ1n) is 6.53. The Balaban J connectivity index is 1.98. The van der Waals surface area contributed by atoms with E-state index in [0.29, 0.717) is 0 Å². The SMILES string of the molecule is Cc1cccc2c1-n1nc3c(c1C2)CCCC3. The van der Waals surface area contributed by atoms with Gasteiger partial charge in [0.05, 0.1) is 17.1 Å². The van der Waals surface area contributed by atoms with Crippen molar-refractivity contribution in [3.05, 3.63) is 46.3 Å². The first-order valence-corrected chi connectivity index (χ1v) is 6.53. The van der Waals surface area contributed by atoms with E-state index in [9.17, 15) is 0 Å². The summed E-state index contributed by atoms with van der Waals surface area (Å²) in [5, 5.41) is 4.85. The summed E-state index contributed by atoms with van der Waals surface area (Å²) in [5.41, 5.74) is 8.51. The molecule has 2 heterocycles. The number of hydrogen-bond donors (Lipinski definition) is 0. The van der Waals surface area contributed by atoms with E-state index in [1.807, 2.05) is 0 Å². The lowest BCUT2D eigenvalue weighted by molar-refractivity contribution is 0.669. The number of nitrogens with zero attached hydrogens (tertiary/aromatic N) is 2. The van der Waals surface area contributed by atoms with Crippen molar-refractivity contribution >= 4 is 0 Å². The van der Waals surface area contributed by atoms with Crippen LogP contribution in [0.4, 0.5) is 0 Å². The molecule has 0 unspecified atom stereocenters. The van der Waals surface area contributed by atoms with Gasteiger partial charge in [-0.1, -0.05) is 18.2 Å². The van der Waals surface area contributed by atoms with E-state index < -0.39 is 0 Å². The fourth-order valence-corrected chi connectivity index (χ4v) is 3.33. The minimum atomic E-state index is 1.08. The van der Waals surface area contributed by atoms with E-state index in [4.69, 9.17) is 5.10 Å². The van der Waals surface area contributed by atoms with Crippen LogP contribution in [0.2, 0.25) is 0 Å². The standard InChI is InChI=1S/C15H16N2/c1-10-5-4-6-11-9-14-12-7-2-3-8-13(12)16-17(14)15(10)11/h4-6H,2-3,7-9H2,1H3. The monoisotopic (exact) mass is 224 g/mol. The zero-order chi connectivity index (χ0) is 11.4. The molecule has 2 aromatic rings. The van der Waals surface area contributed by atoms with Crippen LogP contribution in [0.25, 0.3) is 5.69 Å². The van der Waals surface area contributed by atoms with E-state index in [-0.39, 0.29) is 0 Å². The van der Waals surface area contributed by atoms with Crippen molar-refractivity contribution < 1.29 is 0 Å². The predicted molar refractivity (Wildman–Crippen MR) is 67.7 cm³/mol. The summed E-state index contributed by atoms with van der Waals surface area (Å²) in [4.78, 5) is 0. The molecule has 0 N–H and O–H groups in total. The molecular formula is C15H16N2. The van der Waals surface area contributed by atoms with Crippen LogP contribution < -0.4 is 0 Å². The molecular weight excluding hydrogens is 208 g/mol. The molecule has 86 valence electrons. The second-order valence-corrected chi connectivity index (χ2v) is 5.25. The van der Waals surface area contributed by atoms with Crippen molar-refractivity contribution in [3.63, 3.8) is 0 Å². The van der Waals surface area contributed by atoms with Crippen LogP contribution in [0.15, 0.2) is 18.2 Å². The third kappa shape index (κ3) is 1.18. The summed E-state index contributed by atoms with van der Waals surface area (Å²) in [6.45, 7) is 2.19. The number of benzene rings is 1. The van der Waals surface area contributed by atoms with Crippen LogP contribution in [0.1, 0.15) is 40.9 Å². The van der Waals surface area contributed by atoms with Crippen molar-refractivity contribution in [2.75, 3.05) is 0 Å². The minimum Gasteiger partial charge on any atom is -0.236 e. The quantitative estimate of drug-likeness (QED) is 0.574. The topological polar surface area (TPSA) is 17.8 Å². The Hall–Kier alpha value is -1.57. The first-order chi connectivity index (χ1) is 8.34. The number of hydrogen-bond acceptors (Lipinski definition) is 1.